The van der Waals surface area contributed by atoms with Crippen molar-refractivity contribution in [2.24, 2.45) is 0 Å². The zero-order chi connectivity index (χ0) is 16.8. The molecule has 0 fully saturated rings. The maximum atomic E-state index is 12.0. The third kappa shape index (κ3) is 4.54. The standard InChI is InChI=1S/C19H19NO3/c1-13-7-9-18(23-3)16(11-13)8-10-19(22)20-17-6-4-5-15(12-17)14(2)21/h4-12H,1-3H3,(H,20,22)/b10-8+. The van der Waals surface area contributed by atoms with Gasteiger partial charge in [-0.2, -0.15) is 0 Å². The summed E-state index contributed by atoms with van der Waals surface area (Å²) in [5.74, 6) is 0.397. The molecule has 0 aliphatic carbocycles. The van der Waals surface area contributed by atoms with Crippen LogP contribution >= 0.6 is 0 Å². The van der Waals surface area contributed by atoms with E-state index in [4.69, 9.17) is 4.74 Å². The number of methoxy groups -OCH3 is 1. The fraction of sp³-hybridized carbons (Fsp3) is 0.158. The van der Waals surface area contributed by atoms with Crippen molar-refractivity contribution >= 4 is 23.5 Å². The van der Waals surface area contributed by atoms with Gasteiger partial charge >= 0.3 is 0 Å². The SMILES string of the molecule is COc1ccc(C)cc1/C=C/C(=O)Nc1cccc(C(C)=O)c1. The number of aryl methyl sites for hydroxylation is 1. The highest BCUT2D eigenvalue weighted by Gasteiger charge is 2.04. The maximum absolute atomic E-state index is 12.0. The molecule has 4 heteroatoms. The average Bonchev–Trinajstić information content (AvgIpc) is 2.53. The molecule has 0 radical (unpaired) electrons. The predicted molar refractivity (Wildman–Crippen MR) is 91.8 cm³/mol. The second-order valence-corrected chi connectivity index (χ2v) is 5.20. The lowest BCUT2D eigenvalue weighted by Crippen LogP contribution is -2.08. The number of carbonyl (C=O) groups is 2. The highest BCUT2D eigenvalue weighted by molar-refractivity contribution is 6.03. The average molecular weight is 309 g/mol. The van der Waals surface area contributed by atoms with Crippen LogP contribution in [-0.4, -0.2) is 18.8 Å². The summed E-state index contributed by atoms with van der Waals surface area (Å²) >= 11 is 0. The minimum Gasteiger partial charge on any atom is -0.496 e. The second-order valence-electron chi connectivity index (χ2n) is 5.20. The number of rotatable bonds is 5. The van der Waals surface area contributed by atoms with Crippen LogP contribution in [0.25, 0.3) is 6.08 Å². The van der Waals surface area contributed by atoms with E-state index >= 15 is 0 Å². The Kier molecular flexibility index (Phi) is 5.31. The molecule has 0 saturated carbocycles. The van der Waals surface area contributed by atoms with Crippen molar-refractivity contribution in [2.45, 2.75) is 13.8 Å². The molecule has 23 heavy (non-hydrogen) atoms. The molecule has 2 aromatic rings. The van der Waals surface area contributed by atoms with Gasteiger partial charge in [0.2, 0.25) is 5.91 Å². The van der Waals surface area contributed by atoms with Gasteiger partial charge in [0, 0.05) is 22.9 Å². The quantitative estimate of drug-likeness (QED) is 0.674. The molecule has 0 saturated heterocycles. The van der Waals surface area contributed by atoms with Gasteiger partial charge in [-0.25, -0.2) is 0 Å². The van der Waals surface area contributed by atoms with E-state index in [0.717, 1.165) is 11.1 Å². The van der Waals surface area contributed by atoms with Gasteiger partial charge in [-0.05, 0) is 44.2 Å². The zero-order valence-corrected chi connectivity index (χ0v) is 13.4. The minimum atomic E-state index is -0.269. The largest absolute Gasteiger partial charge is 0.496 e. The van der Waals surface area contributed by atoms with Gasteiger partial charge in [-0.3, -0.25) is 9.59 Å². The number of Topliss-reactive ketones (excluding diaryl/α,β-unsaturated/α-hetero) is 1. The minimum absolute atomic E-state index is 0.0406. The van der Waals surface area contributed by atoms with Gasteiger partial charge in [-0.15, -0.1) is 0 Å². The van der Waals surface area contributed by atoms with Crippen LogP contribution in [0.3, 0.4) is 0 Å². The summed E-state index contributed by atoms with van der Waals surface area (Å²) in [6, 6.07) is 12.6. The van der Waals surface area contributed by atoms with Crippen molar-refractivity contribution < 1.29 is 14.3 Å². The summed E-state index contributed by atoms with van der Waals surface area (Å²) in [4.78, 5) is 23.4. The van der Waals surface area contributed by atoms with E-state index < -0.39 is 0 Å². The number of hydrogen-bond donors (Lipinski definition) is 1. The molecule has 0 heterocycles. The van der Waals surface area contributed by atoms with E-state index in [1.54, 1.807) is 37.5 Å². The van der Waals surface area contributed by atoms with E-state index in [-0.39, 0.29) is 11.7 Å². The smallest absolute Gasteiger partial charge is 0.248 e. The van der Waals surface area contributed by atoms with Crippen molar-refractivity contribution in [3.63, 3.8) is 0 Å². The molecule has 0 aliphatic heterocycles. The third-order valence-corrected chi connectivity index (χ3v) is 3.34. The Bertz CT molecular complexity index is 763. The first-order valence-electron chi connectivity index (χ1n) is 7.24. The number of ketones is 1. The van der Waals surface area contributed by atoms with Gasteiger partial charge in [0.05, 0.1) is 7.11 Å². The summed E-state index contributed by atoms with van der Waals surface area (Å²) in [7, 11) is 1.59. The lowest BCUT2D eigenvalue weighted by molar-refractivity contribution is -0.111. The monoisotopic (exact) mass is 309 g/mol. The number of carbonyl (C=O) groups excluding carboxylic acids is 2. The predicted octanol–water partition coefficient (Wildman–Crippen LogP) is 3.86. The van der Waals surface area contributed by atoms with Crippen molar-refractivity contribution in [2.75, 3.05) is 12.4 Å². The van der Waals surface area contributed by atoms with Crippen LogP contribution in [0.4, 0.5) is 5.69 Å². The second kappa shape index (κ2) is 7.40. The molecule has 0 atom stereocenters. The number of ether oxygens (including phenoxy) is 1. The Morgan fingerprint density at radius 3 is 2.61 bits per heavy atom. The van der Waals surface area contributed by atoms with Crippen molar-refractivity contribution in [1.29, 1.82) is 0 Å². The van der Waals surface area contributed by atoms with Crippen LogP contribution in [0.2, 0.25) is 0 Å². The van der Waals surface area contributed by atoms with Crippen molar-refractivity contribution in [3.8, 4) is 5.75 Å². The first kappa shape index (κ1) is 16.5. The van der Waals surface area contributed by atoms with Gasteiger partial charge in [-0.1, -0.05) is 23.8 Å². The Hall–Kier alpha value is -2.88. The lowest BCUT2D eigenvalue weighted by Gasteiger charge is -2.06. The fourth-order valence-electron chi connectivity index (χ4n) is 2.15. The van der Waals surface area contributed by atoms with E-state index in [1.807, 2.05) is 25.1 Å². The molecule has 0 aliphatic rings. The highest BCUT2D eigenvalue weighted by Crippen LogP contribution is 2.21. The van der Waals surface area contributed by atoms with Crippen LogP contribution in [0.15, 0.2) is 48.5 Å². The summed E-state index contributed by atoms with van der Waals surface area (Å²) < 4.78 is 5.27. The van der Waals surface area contributed by atoms with Gasteiger partial charge in [0.25, 0.3) is 0 Å². The molecule has 0 unspecified atom stereocenters. The van der Waals surface area contributed by atoms with Crippen LogP contribution in [0, 0.1) is 6.92 Å². The topological polar surface area (TPSA) is 55.4 Å². The molecular weight excluding hydrogens is 290 g/mol. The third-order valence-electron chi connectivity index (χ3n) is 3.34. The Morgan fingerprint density at radius 1 is 1.13 bits per heavy atom. The Labute approximate surface area is 135 Å². The molecule has 0 aromatic heterocycles. The number of amides is 1. The Balaban J connectivity index is 2.12. The molecule has 0 bridgehead atoms. The number of hydrogen-bond acceptors (Lipinski definition) is 3. The summed E-state index contributed by atoms with van der Waals surface area (Å²) in [5, 5.41) is 2.74. The first-order chi connectivity index (χ1) is 11.0. The van der Waals surface area contributed by atoms with E-state index in [9.17, 15) is 9.59 Å². The number of nitrogens with one attached hydrogen (secondary N) is 1. The normalized spacial score (nSPS) is 10.6. The number of benzene rings is 2. The Morgan fingerprint density at radius 2 is 1.91 bits per heavy atom. The molecule has 1 N–H and O–H groups in total. The van der Waals surface area contributed by atoms with Crippen molar-refractivity contribution in [3.05, 3.63) is 65.2 Å². The molecule has 2 aromatic carbocycles. The van der Waals surface area contributed by atoms with E-state index in [2.05, 4.69) is 5.32 Å². The summed E-state index contributed by atoms with van der Waals surface area (Å²) in [5.41, 5.74) is 3.07. The molecule has 118 valence electrons. The van der Waals surface area contributed by atoms with Crippen LogP contribution in [-0.2, 0) is 4.79 Å². The van der Waals surface area contributed by atoms with Gasteiger partial charge < -0.3 is 10.1 Å². The van der Waals surface area contributed by atoms with E-state index in [0.29, 0.717) is 17.0 Å². The lowest BCUT2D eigenvalue weighted by atomic mass is 10.1. The van der Waals surface area contributed by atoms with Gasteiger partial charge in [0.15, 0.2) is 5.78 Å². The van der Waals surface area contributed by atoms with Crippen LogP contribution in [0.1, 0.15) is 28.4 Å². The molecule has 0 spiro atoms. The maximum Gasteiger partial charge on any atom is 0.248 e. The van der Waals surface area contributed by atoms with Crippen LogP contribution < -0.4 is 10.1 Å². The molecule has 1 amide bonds. The zero-order valence-electron chi connectivity index (χ0n) is 13.4. The highest BCUT2D eigenvalue weighted by atomic mass is 16.5. The molecule has 4 nitrogen and oxygen atoms in total. The number of anilines is 1. The molecule has 2 rings (SSSR count). The van der Waals surface area contributed by atoms with E-state index in [1.165, 1.54) is 13.0 Å². The summed E-state index contributed by atoms with van der Waals surface area (Å²) in [6.45, 7) is 3.47. The molecular formula is C19H19NO3. The van der Waals surface area contributed by atoms with Gasteiger partial charge in [0.1, 0.15) is 5.75 Å². The first-order valence-corrected chi connectivity index (χ1v) is 7.24. The van der Waals surface area contributed by atoms with Crippen LogP contribution in [0.5, 0.6) is 5.75 Å². The van der Waals surface area contributed by atoms with Crippen molar-refractivity contribution in [1.82, 2.24) is 0 Å². The fourth-order valence-corrected chi connectivity index (χ4v) is 2.15. The summed E-state index contributed by atoms with van der Waals surface area (Å²) in [6.07, 6.45) is 3.15.